The first-order valence-corrected chi connectivity index (χ1v) is 4.27. The van der Waals surface area contributed by atoms with Crippen molar-refractivity contribution in [3.63, 3.8) is 0 Å². The van der Waals surface area contributed by atoms with Crippen molar-refractivity contribution in [2.24, 2.45) is 11.8 Å². The van der Waals surface area contributed by atoms with Gasteiger partial charge in [0.1, 0.15) is 5.76 Å². The van der Waals surface area contributed by atoms with E-state index in [0.29, 0.717) is 0 Å². The number of hydrogen-bond donors (Lipinski definition) is 1. The number of aliphatic hydroxyl groups is 1. The van der Waals surface area contributed by atoms with Crippen molar-refractivity contribution in [3.8, 4) is 0 Å². The molecule has 0 saturated carbocycles. The first-order valence-electron chi connectivity index (χ1n) is 4.27. The van der Waals surface area contributed by atoms with Crippen LogP contribution in [0.4, 0.5) is 0 Å². The lowest BCUT2D eigenvalue weighted by Crippen LogP contribution is -2.18. The summed E-state index contributed by atoms with van der Waals surface area (Å²) in [7, 11) is 1.30. The summed E-state index contributed by atoms with van der Waals surface area (Å²) in [5.74, 6) is -0.109. The molecular weight excluding hydrogens is 168 g/mol. The van der Waals surface area contributed by atoms with Gasteiger partial charge in [0.25, 0.3) is 0 Å². The summed E-state index contributed by atoms with van der Waals surface area (Å²) in [5.41, 5.74) is 0.271. The van der Waals surface area contributed by atoms with E-state index in [1.165, 1.54) is 7.11 Å². The SMILES string of the molecule is COC(=O)C1=C(O)[C@@H](C)[C@H](C)C=C1. The summed E-state index contributed by atoms with van der Waals surface area (Å²) in [6, 6.07) is 0. The van der Waals surface area contributed by atoms with E-state index >= 15 is 0 Å². The van der Waals surface area contributed by atoms with Crippen LogP contribution in [-0.2, 0) is 9.53 Å². The normalized spacial score (nSPS) is 27.6. The van der Waals surface area contributed by atoms with Crippen molar-refractivity contribution in [3.05, 3.63) is 23.5 Å². The highest BCUT2D eigenvalue weighted by molar-refractivity contribution is 5.92. The van der Waals surface area contributed by atoms with Crippen molar-refractivity contribution < 1.29 is 14.6 Å². The standard InChI is InChI=1S/C10H14O3/c1-6-4-5-8(10(12)13-3)9(11)7(6)2/h4-7,11H,1-3H3/t6-,7+/m1/s1. The number of hydrogen-bond acceptors (Lipinski definition) is 3. The summed E-state index contributed by atoms with van der Waals surface area (Å²) >= 11 is 0. The van der Waals surface area contributed by atoms with E-state index in [1.54, 1.807) is 6.08 Å². The third-order valence-corrected chi connectivity index (χ3v) is 2.47. The van der Waals surface area contributed by atoms with Gasteiger partial charge in [-0.25, -0.2) is 4.79 Å². The average Bonchev–Trinajstić information content (AvgIpc) is 2.13. The van der Waals surface area contributed by atoms with Crippen LogP contribution in [0.25, 0.3) is 0 Å². The van der Waals surface area contributed by atoms with Crippen LogP contribution in [-0.4, -0.2) is 18.2 Å². The number of ether oxygens (including phenoxy) is 1. The molecule has 0 amide bonds. The van der Waals surface area contributed by atoms with Crippen molar-refractivity contribution >= 4 is 5.97 Å². The maximum Gasteiger partial charge on any atom is 0.341 e. The van der Waals surface area contributed by atoms with Crippen LogP contribution in [0.3, 0.4) is 0 Å². The summed E-state index contributed by atoms with van der Waals surface area (Å²) in [4.78, 5) is 11.1. The number of carbonyl (C=O) groups excluding carboxylic acids is 1. The van der Waals surface area contributed by atoms with Gasteiger partial charge in [0, 0.05) is 5.92 Å². The van der Waals surface area contributed by atoms with E-state index in [4.69, 9.17) is 0 Å². The van der Waals surface area contributed by atoms with Gasteiger partial charge >= 0.3 is 5.97 Å². The Bertz CT molecular complexity index is 276. The third-order valence-electron chi connectivity index (χ3n) is 2.47. The zero-order valence-electron chi connectivity index (χ0n) is 8.07. The lowest BCUT2D eigenvalue weighted by atomic mass is 9.87. The molecule has 2 atom stereocenters. The van der Waals surface area contributed by atoms with Gasteiger partial charge in [-0.3, -0.25) is 0 Å². The predicted molar refractivity (Wildman–Crippen MR) is 49.1 cm³/mol. The smallest absolute Gasteiger partial charge is 0.341 e. The predicted octanol–water partition coefficient (Wildman–Crippen LogP) is 1.81. The fourth-order valence-electron chi connectivity index (χ4n) is 1.28. The number of esters is 1. The molecule has 0 aromatic carbocycles. The van der Waals surface area contributed by atoms with Gasteiger partial charge in [-0.1, -0.05) is 19.9 Å². The molecule has 0 aliphatic heterocycles. The summed E-state index contributed by atoms with van der Waals surface area (Å²) in [5, 5.41) is 9.64. The number of methoxy groups -OCH3 is 1. The second-order valence-electron chi connectivity index (χ2n) is 3.30. The molecule has 13 heavy (non-hydrogen) atoms. The molecule has 3 heteroatoms. The molecular formula is C10H14O3. The van der Waals surface area contributed by atoms with E-state index in [2.05, 4.69) is 4.74 Å². The molecule has 1 aliphatic carbocycles. The maximum atomic E-state index is 11.1. The fourth-order valence-corrected chi connectivity index (χ4v) is 1.28. The third kappa shape index (κ3) is 1.74. The van der Waals surface area contributed by atoms with E-state index in [9.17, 15) is 9.90 Å². The number of allylic oxidation sites excluding steroid dienone is 2. The monoisotopic (exact) mass is 182 g/mol. The number of rotatable bonds is 1. The highest BCUT2D eigenvalue weighted by Gasteiger charge is 2.24. The minimum atomic E-state index is -0.479. The largest absolute Gasteiger partial charge is 0.511 e. The Kier molecular flexibility index (Phi) is 2.76. The van der Waals surface area contributed by atoms with Crippen LogP contribution in [0.2, 0.25) is 0 Å². The molecule has 0 unspecified atom stereocenters. The van der Waals surface area contributed by atoms with E-state index < -0.39 is 5.97 Å². The Morgan fingerprint density at radius 1 is 1.54 bits per heavy atom. The van der Waals surface area contributed by atoms with Gasteiger partial charge in [0.2, 0.25) is 0 Å². The zero-order valence-corrected chi connectivity index (χ0v) is 8.07. The van der Waals surface area contributed by atoms with Crippen molar-refractivity contribution in [1.82, 2.24) is 0 Å². The maximum absolute atomic E-state index is 11.1. The highest BCUT2D eigenvalue weighted by atomic mass is 16.5. The van der Waals surface area contributed by atoms with Gasteiger partial charge in [-0.05, 0) is 12.0 Å². The summed E-state index contributed by atoms with van der Waals surface area (Å²) in [6.45, 7) is 3.87. The molecule has 72 valence electrons. The van der Waals surface area contributed by atoms with E-state index in [-0.39, 0.29) is 23.2 Å². The molecule has 0 bridgehead atoms. The lowest BCUT2D eigenvalue weighted by molar-refractivity contribution is -0.136. The Morgan fingerprint density at radius 2 is 2.15 bits per heavy atom. The van der Waals surface area contributed by atoms with Gasteiger partial charge < -0.3 is 9.84 Å². The quantitative estimate of drug-likeness (QED) is 0.629. The molecule has 0 spiro atoms. The number of carbonyl (C=O) groups is 1. The average molecular weight is 182 g/mol. The van der Waals surface area contributed by atoms with Crippen LogP contribution < -0.4 is 0 Å². The van der Waals surface area contributed by atoms with Gasteiger partial charge in [-0.2, -0.15) is 0 Å². The van der Waals surface area contributed by atoms with Crippen LogP contribution in [0.5, 0.6) is 0 Å². The Labute approximate surface area is 77.7 Å². The fraction of sp³-hybridized carbons (Fsp3) is 0.500. The Balaban J connectivity index is 2.97. The molecule has 0 radical (unpaired) electrons. The first-order chi connectivity index (χ1) is 6.07. The van der Waals surface area contributed by atoms with Gasteiger partial charge in [0.05, 0.1) is 12.7 Å². The molecule has 3 nitrogen and oxygen atoms in total. The minimum absolute atomic E-state index is 0.0147. The summed E-state index contributed by atoms with van der Waals surface area (Å²) < 4.78 is 4.54. The van der Waals surface area contributed by atoms with Crippen molar-refractivity contribution in [2.75, 3.05) is 7.11 Å². The highest BCUT2D eigenvalue weighted by Crippen LogP contribution is 2.27. The Hall–Kier alpha value is -1.25. The molecule has 0 aromatic heterocycles. The molecule has 0 fully saturated rings. The molecule has 0 saturated heterocycles. The van der Waals surface area contributed by atoms with Crippen molar-refractivity contribution in [1.29, 1.82) is 0 Å². The minimum Gasteiger partial charge on any atom is -0.511 e. The van der Waals surface area contributed by atoms with Crippen LogP contribution >= 0.6 is 0 Å². The number of aliphatic hydroxyl groups excluding tert-OH is 1. The van der Waals surface area contributed by atoms with E-state index in [1.807, 2.05) is 19.9 Å². The van der Waals surface area contributed by atoms with E-state index in [0.717, 1.165) is 0 Å². The molecule has 1 N–H and O–H groups in total. The lowest BCUT2D eigenvalue weighted by Gasteiger charge is -2.21. The molecule has 0 heterocycles. The van der Waals surface area contributed by atoms with Gasteiger partial charge in [-0.15, -0.1) is 0 Å². The second kappa shape index (κ2) is 3.64. The molecule has 1 rings (SSSR count). The second-order valence-corrected chi connectivity index (χ2v) is 3.30. The van der Waals surface area contributed by atoms with Crippen LogP contribution in [0, 0.1) is 11.8 Å². The van der Waals surface area contributed by atoms with Crippen molar-refractivity contribution in [2.45, 2.75) is 13.8 Å². The molecule has 0 aromatic rings. The summed E-state index contributed by atoms with van der Waals surface area (Å²) in [6.07, 6.45) is 3.52. The van der Waals surface area contributed by atoms with Gasteiger partial charge in [0.15, 0.2) is 0 Å². The Morgan fingerprint density at radius 3 is 2.69 bits per heavy atom. The van der Waals surface area contributed by atoms with Crippen LogP contribution in [0.15, 0.2) is 23.5 Å². The molecule has 1 aliphatic rings. The van der Waals surface area contributed by atoms with Crippen LogP contribution in [0.1, 0.15) is 13.8 Å². The zero-order chi connectivity index (χ0) is 10.0. The first kappa shape index (κ1) is 9.84. The topological polar surface area (TPSA) is 46.5 Å².